The molecule has 0 spiro atoms. The van der Waals surface area contributed by atoms with Crippen LogP contribution >= 0.6 is 11.6 Å². The molecular formula is C17H23ClO4. The zero-order valence-electron chi connectivity index (χ0n) is 13.5. The lowest BCUT2D eigenvalue weighted by atomic mass is 9.82. The maximum atomic E-state index is 12.3. The molecule has 4 nitrogen and oxygen atoms in total. The second-order valence-corrected chi connectivity index (χ2v) is 6.32. The molecule has 5 heteroatoms. The van der Waals surface area contributed by atoms with Crippen LogP contribution in [0.4, 0.5) is 0 Å². The number of ether oxygens (including phenoxy) is 2. The van der Waals surface area contributed by atoms with Gasteiger partial charge in [-0.15, -0.1) is 11.6 Å². The second-order valence-electron chi connectivity index (χ2n) is 5.79. The number of rotatable bonds is 8. The van der Waals surface area contributed by atoms with E-state index in [2.05, 4.69) is 0 Å². The minimum atomic E-state index is -0.518. The van der Waals surface area contributed by atoms with E-state index < -0.39 is 10.8 Å². The third-order valence-electron chi connectivity index (χ3n) is 3.53. The molecule has 0 aliphatic rings. The van der Waals surface area contributed by atoms with Crippen molar-refractivity contribution >= 4 is 23.4 Å². The van der Waals surface area contributed by atoms with Gasteiger partial charge in [0.1, 0.15) is 5.75 Å². The van der Waals surface area contributed by atoms with Crippen LogP contribution in [0.15, 0.2) is 24.3 Å². The molecule has 1 aromatic carbocycles. The van der Waals surface area contributed by atoms with Gasteiger partial charge in [-0.05, 0) is 36.6 Å². The Labute approximate surface area is 136 Å². The van der Waals surface area contributed by atoms with Crippen LogP contribution in [0.5, 0.6) is 5.75 Å². The third kappa shape index (κ3) is 5.34. The number of Topliss-reactive ketones (excluding diaryl/α,β-unsaturated/α-hetero) is 1. The number of halogens is 1. The zero-order valence-corrected chi connectivity index (χ0v) is 14.3. The van der Waals surface area contributed by atoms with Crippen LogP contribution in [0.3, 0.4) is 0 Å². The van der Waals surface area contributed by atoms with Crippen molar-refractivity contribution in [2.75, 3.05) is 13.7 Å². The Kier molecular flexibility index (Phi) is 6.88. The summed E-state index contributed by atoms with van der Waals surface area (Å²) < 4.78 is 10.0. The molecule has 0 fully saturated rings. The van der Waals surface area contributed by atoms with Crippen LogP contribution in [-0.2, 0) is 9.53 Å². The van der Waals surface area contributed by atoms with Crippen LogP contribution in [0, 0.1) is 5.41 Å². The maximum absolute atomic E-state index is 12.3. The third-order valence-corrected chi connectivity index (χ3v) is 4.27. The first-order valence-electron chi connectivity index (χ1n) is 7.27. The monoisotopic (exact) mass is 326 g/mol. The zero-order chi connectivity index (χ0) is 16.8. The quantitative estimate of drug-likeness (QED) is 0.413. The van der Waals surface area contributed by atoms with Crippen molar-refractivity contribution in [3.05, 3.63) is 29.8 Å². The van der Waals surface area contributed by atoms with Gasteiger partial charge in [0.05, 0.1) is 20.1 Å². The van der Waals surface area contributed by atoms with Gasteiger partial charge >= 0.3 is 5.97 Å². The molecule has 0 saturated heterocycles. The summed E-state index contributed by atoms with van der Waals surface area (Å²) >= 11 is 6.37. The average Bonchev–Trinajstić information content (AvgIpc) is 2.46. The molecule has 1 unspecified atom stereocenters. The average molecular weight is 327 g/mol. The minimum absolute atomic E-state index is 0.0559. The maximum Gasteiger partial charge on any atom is 0.306 e. The van der Waals surface area contributed by atoms with Gasteiger partial charge in [0.15, 0.2) is 5.78 Å². The highest BCUT2D eigenvalue weighted by Gasteiger charge is 2.32. The first-order valence-corrected chi connectivity index (χ1v) is 7.70. The number of alkyl halides is 1. The Bertz CT molecular complexity index is 508. The van der Waals surface area contributed by atoms with Crippen molar-refractivity contribution in [2.45, 2.75) is 39.0 Å². The predicted molar refractivity (Wildman–Crippen MR) is 86.6 cm³/mol. The molecule has 0 aliphatic carbocycles. The van der Waals surface area contributed by atoms with Crippen molar-refractivity contribution in [3.8, 4) is 5.75 Å². The summed E-state index contributed by atoms with van der Waals surface area (Å²) in [6, 6.07) is 6.90. The highest BCUT2D eigenvalue weighted by molar-refractivity contribution is 6.23. The first-order chi connectivity index (χ1) is 10.3. The van der Waals surface area contributed by atoms with Gasteiger partial charge in [-0.1, -0.05) is 13.8 Å². The Morgan fingerprint density at radius 1 is 1.23 bits per heavy atom. The SMILES string of the molecule is CCOC(=O)CC(C)(C)C(Cl)CC(=O)c1ccc(OC)cc1. The molecule has 1 atom stereocenters. The van der Waals surface area contributed by atoms with Crippen LogP contribution < -0.4 is 4.74 Å². The number of esters is 1. The highest BCUT2D eigenvalue weighted by Crippen LogP contribution is 2.33. The van der Waals surface area contributed by atoms with Crippen molar-refractivity contribution in [3.63, 3.8) is 0 Å². The standard InChI is InChI=1S/C17H23ClO4/c1-5-22-16(20)11-17(2,3)15(18)10-14(19)12-6-8-13(21-4)9-7-12/h6-9,15H,5,10-11H2,1-4H3. The van der Waals surface area contributed by atoms with Gasteiger partial charge in [-0.25, -0.2) is 0 Å². The Morgan fingerprint density at radius 3 is 2.32 bits per heavy atom. The van der Waals surface area contributed by atoms with E-state index in [-0.39, 0.29) is 24.6 Å². The molecule has 0 saturated carbocycles. The van der Waals surface area contributed by atoms with E-state index in [1.807, 2.05) is 13.8 Å². The summed E-state index contributed by atoms with van der Waals surface area (Å²) in [4.78, 5) is 23.9. The van der Waals surface area contributed by atoms with Gasteiger partial charge in [0.25, 0.3) is 0 Å². The van der Waals surface area contributed by atoms with Crippen molar-refractivity contribution in [2.24, 2.45) is 5.41 Å². The molecule has 0 radical (unpaired) electrons. The number of benzene rings is 1. The molecule has 0 aromatic heterocycles. The second kappa shape index (κ2) is 8.18. The van der Waals surface area contributed by atoms with E-state index in [1.54, 1.807) is 38.3 Å². The van der Waals surface area contributed by atoms with Gasteiger partial charge in [0.2, 0.25) is 0 Å². The van der Waals surface area contributed by atoms with E-state index in [1.165, 1.54) is 0 Å². The Morgan fingerprint density at radius 2 is 1.82 bits per heavy atom. The van der Waals surface area contributed by atoms with Crippen LogP contribution in [0.2, 0.25) is 0 Å². The molecular weight excluding hydrogens is 304 g/mol. The van der Waals surface area contributed by atoms with E-state index in [0.717, 1.165) is 0 Å². The summed E-state index contributed by atoms with van der Waals surface area (Å²) in [5.74, 6) is 0.344. The topological polar surface area (TPSA) is 52.6 Å². The highest BCUT2D eigenvalue weighted by atomic mass is 35.5. The van der Waals surface area contributed by atoms with Crippen LogP contribution in [0.1, 0.15) is 44.0 Å². The molecule has 0 amide bonds. The summed E-state index contributed by atoms with van der Waals surface area (Å²) in [5.41, 5.74) is 0.0639. The lowest BCUT2D eigenvalue weighted by molar-refractivity contribution is -0.145. The largest absolute Gasteiger partial charge is 0.497 e. The van der Waals surface area contributed by atoms with E-state index in [9.17, 15) is 9.59 Å². The molecule has 122 valence electrons. The number of ketones is 1. The molecule has 22 heavy (non-hydrogen) atoms. The summed E-state index contributed by atoms with van der Waals surface area (Å²) in [6.45, 7) is 5.83. The van der Waals surface area contributed by atoms with Crippen molar-refractivity contribution in [1.82, 2.24) is 0 Å². The summed E-state index contributed by atoms with van der Waals surface area (Å²) in [5, 5.41) is -0.452. The number of methoxy groups -OCH3 is 1. The number of hydrogen-bond donors (Lipinski definition) is 0. The summed E-state index contributed by atoms with van der Waals surface area (Å²) in [7, 11) is 1.57. The van der Waals surface area contributed by atoms with Gasteiger partial charge in [0, 0.05) is 17.4 Å². The number of carbonyl (C=O) groups is 2. The molecule has 0 N–H and O–H groups in total. The smallest absolute Gasteiger partial charge is 0.306 e. The van der Waals surface area contributed by atoms with Crippen molar-refractivity contribution < 1.29 is 19.1 Å². The van der Waals surface area contributed by atoms with E-state index >= 15 is 0 Å². The molecule has 1 aromatic rings. The van der Waals surface area contributed by atoms with Gasteiger partial charge in [-0.3, -0.25) is 9.59 Å². The Hall–Kier alpha value is -1.55. The summed E-state index contributed by atoms with van der Waals surface area (Å²) in [6.07, 6.45) is 0.352. The Balaban J connectivity index is 2.66. The number of hydrogen-bond acceptors (Lipinski definition) is 4. The normalized spacial score (nSPS) is 12.6. The lowest BCUT2D eigenvalue weighted by Gasteiger charge is -2.28. The fourth-order valence-corrected chi connectivity index (χ4v) is 2.25. The van der Waals surface area contributed by atoms with E-state index in [4.69, 9.17) is 21.1 Å². The van der Waals surface area contributed by atoms with Gasteiger partial charge in [-0.2, -0.15) is 0 Å². The predicted octanol–water partition coefficient (Wildman–Crippen LogP) is 3.85. The van der Waals surface area contributed by atoms with Crippen molar-refractivity contribution in [1.29, 1.82) is 0 Å². The van der Waals surface area contributed by atoms with Crippen LogP contribution in [0.25, 0.3) is 0 Å². The molecule has 0 bridgehead atoms. The number of carbonyl (C=O) groups excluding carboxylic acids is 2. The van der Waals surface area contributed by atoms with E-state index in [0.29, 0.717) is 17.9 Å². The molecule has 0 heterocycles. The molecule has 1 rings (SSSR count). The fourth-order valence-electron chi connectivity index (χ4n) is 2.03. The van der Waals surface area contributed by atoms with Gasteiger partial charge < -0.3 is 9.47 Å². The minimum Gasteiger partial charge on any atom is -0.497 e. The van der Waals surface area contributed by atoms with Crippen LogP contribution in [-0.4, -0.2) is 30.8 Å². The molecule has 0 aliphatic heterocycles. The first kappa shape index (κ1) is 18.5. The lowest BCUT2D eigenvalue weighted by Crippen LogP contribution is -2.30. The fraction of sp³-hybridized carbons (Fsp3) is 0.529.